The lowest BCUT2D eigenvalue weighted by Crippen LogP contribution is -2.24. The smallest absolute Gasteiger partial charge is 0.302 e. The second kappa shape index (κ2) is 15.8. The number of epoxide rings is 1. The zero-order chi connectivity index (χ0) is 27.1. The Morgan fingerprint density at radius 3 is 2.50 bits per heavy atom. The number of hydrogen-bond donors (Lipinski definition) is 2. The summed E-state index contributed by atoms with van der Waals surface area (Å²) in [6, 6.07) is 3.08. The summed E-state index contributed by atoms with van der Waals surface area (Å²) in [5.41, 5.74) is 1.60. The first-order valence-electron chi connectivity index (χ1n) is 11.1. The van der Waals surface area contributed by atoms with E-state index in [1.54, 1.807) is 13.0 Å². The molecule has 13 nitrogen and oxygen atoms in total. The van der Waals surface area contributed by atoms with E-state index in [4.69, 9.17) is 4.74 Å². The number of ketones is 1. The summed E-state index contributed by atoms with van der Waals surface area (Å²) >= 11 is 0. The number of nitrogens with zero attached hydrogens (tertiary/aromatic N) is 3. The highest BCUT2D eigenvalue weighted by Gasteiger charge is 2.26. The number of hydrazone groups is 1. The molecule has 1 saturated heterocycles. The van der Waals surface area contributed by atoms with Crippen LogP contribution in [0, 0.1) is 20.2 Å². The third-order valence-electron chi connectivity index (χ3n) is 4.53. The molecule has 0 unspecified atom stereocenters. The van der Waals surface area contributed by atoms with E-state index in [9.17, 15) is 34.9 Å². The molecule has 0 saturated carbocycles. The minimum absolute atomic E-state index is 0.0617. The number of nitro groups is 2. The van der Waals surface area contributed by atoms with Gasteiger partial charge in [-0.15, -0.1) is 0 Å². The second-order valence-electron chi connectivity index (χ2n) is 7.38. The van der Waals surface area contributed by atoms with Gasteiger partial charge >= 0.3 is 11.7 Å². The molecule has 2 N–H and O–H groups in total. The SMILES string of the molecule is CC/C=C/C=C(/C=N/Nc1ccc([N+](=O)[O-])cc1[N+](=O)[O-])[C@H](O)C(=O)CC[C@@H]1CO1.CCOC(C)=O. The summed E-state index contributed by atoms with van der Waals surface area (Å²) in [6.45, 7) is 6.19. The number of aliphatic hydroxyl groups is 1. The molecule has 0 amide bonds. The van der Waals surface area contributed by atoms with Crippen molar-refractivity contribution in [1.29, 1.82) is 0 Å². The van der Waals surface area contributed by atoms with Crippen LogP contribution in [-0.2, 0) is 19.1 Å². The Labute approximate surface area is 207 Å². The zero-order valence-electron chi connectivity index (χ0n) is 20.3. The van der Waals surface area contributed by atoms with Crippen molar-refractivity contribution in [3.63, 3.8) is 0 Å². The van der Waals surface area contributed by atoms with Gasteiger partial charge in [-0.05, 0) is 25.8 Å². The number of ether oxygens (including phenoxy) is 2. The Balaban J connectivity index is 0.000000960. The molecule has 13 heteroatoms. The molecule has 0 aliphatic carbocycles. The van der Waals surface area contributed by atoms with Crippen molar-refractivity contribution in [2.75, 3.05) is 18.6 Å². The van der Waals surface area contributed by atoms with Gasteiger partial charge in [-0.3, -0.25) is 35.2 Å². The molecule has 1 heterocycles. The summed E-state index contributed by atoms with van der Waals surface area (Å²) in [7, 11) is 0. The molecule has 36 heavy (non-hydrogen) atoms. The monoisotopic (exact) mass is 506 g/mol. The number of non-ortho nitro benzene ring substituents is 1. The van der Waals surface area contributed by atoms with Crippen LogP contribution in [0.25, 0.3) is 0 Å². The molecular weight excluding hydrogens is 476 g/mol. The molecule has 1 fully saturated rings. The number of nitro benzene ring substituents is 2. The van der Waals surface area contributed by atoms with Gasteiger partial charge in [0.1, 0.15) is 11.8 Å². The van der Waals surface area contributed by atoms with E-state index in [-0.39, 0.29) is 29.8 Å². The number of Topliss-reactive ketones (excluding diaryl/α,β-unsaturated/α-hetero) is 1. The van der Waals surface area contributed by atoms with E-state index in [0.29, 0.717) is 19.6 Å². The summed E-state index contributed by atoms with van der Waals surface area (Å²) in [6.07, 6.45) is 6.25. The summed E-state index contributed by atoms with van der Waals surface area (Å²) < 4.78 is 9.46. The summed E-state index contributed by atoms with van der Waals surface area (Å²) in [5.74, 6) is -0.605. The van der Waals surface area contributed by atoms with Gasteiger partial charge in [-0.1, -0.05) is 25.2 Å². The van der Waals surface area contributed by atoms with Gasteiger partial charge in [-0.25, -0.2) is 0 Å². The van der Waals surface area contributed by atoms with Crippen molar-refractivity contribution >= 4 is 35.0 Å². The fraction of sp³-hybridized carbons (Fsp3) is 0.435. The average Bonchev–Trinajstić information content (AvgIpc) is 3.66. The number of hydrogen-bond acceptors (Lipinski definition) is 11. The normalized spacial score (nSPS) is 15.7. The van der Waals surface area contributed by atoms with Crippen molar-refractivity contribution in [1.82, 2.24) is 0 Å². The van der Waals surface area contributed by atoms with Gasteiger partial charge in [0.05, 0.1) is 41.4 Å². The summed E-state index contributed by atoms with van der Waals surface area (Å²) in [5, 5.41) is 36.2. The molecular formula is C23H30N4O9. The summed E-state index contributed by atoms with van der Waals surface area (Å²) in [4.78, 5) is 42.5. The van der Waals surface area contributed by atoms with Gasteiger partial charge in [0.15, 0.2) is 5.78 Å². The van der Waals surface area contributed by atoms with Crippen molar-refractivity contribution in [2.24, 2.45) is 5.10 Å². The number of carbonyl (C=O) groups is 2. The lowest BCUT2D eigenvalue weighted by Gasteiger charge is -2.10. The molecule has 2 rings (SSSR count). The van der Waals surface area contributed by atoms with Gasteiger partial charge in [0.25, 0.3) is 5.69 Å². The van der Waals surface area contributed by atoms with Crippen molar-refractivity contribution in [2.45, 2.75) is 52.2 Å². The first kappa shape index (κ1) is 30.1. The maximum Gasteiger partial charge on any atom is 0.302 e. The minimum Gasteiger partial charge on any atom is -0.466 e. The number of carbonyl (C=O) groups excluding carboxylic acids is 2. The quantitative estimate of drug-likeness (QED) is 0.100. The number of anilines is 1. The molecule has 0 bridgehead atoms. The number of benzene rings is 1. The molecule has 1 aromatic carbocycles. The van der Waals surface area contributed by atoms with Crippen molar-refractivity contribution < 1.29 is 34.0 Å². The zero-order valence-corrected chi connectivity index (χ0v) is 20.3. The van der Waals surface area contributed by atoms with Crippen molar-refractivity contribution in [3.8, 4) is 0 Å². The average molecular weight is 507 g/mol. The lowest BCUT2D eigenvalue weighted by molar-refractivity contribution is -0.393. The van der Waals surface area contributed by atoms with Crippen LogP contribution in [0.1, 0.15) is 40.0 Å². The Morgan fingerprint density at radius 1 is 1.31 bits per heavy atom. The highest BCUT2D eigenvalue weighted by molar-refractivity contribution is 5.95. The maximum atomic E-state index is 12.2. The lowest BCUT2D eigenvalue weighted by atomic mass is 10.0. The highest BCUT2D eigenvalue weighted by atomic mass is 16.6. The molecule has 2 atom stereocenters. The van der Waals surface area contributed by atoms with Crippen LogP contribution >= 0.6 is 0 Å². The minimum atomic E-state index is -1.41. The van der Waals surface area contributed by atoms with E-state index in [1.807, 2.05) is 13.0 Å². The number of aliphatic hydroxyl groups excluding tert-OH is 1. The molecule has 0 radical (unpaired) electrons. The Bertz CT molecular complexity index is 1020. The molecule has 0 spiro atoms. The fourth-order valence-electron chi connectivity index (χ4n) is 2.64. The third kappa shape index (κ3) is 11.4. The number of esters is 1. The Kier molecular flexibility index (Phi) is 13.2. The van der Waals surface area contributed by atoms with Gasteiger partial charge < -0.3 is 14.6 Å². The van der Waals surface area contributed by atoms with Crippen LogP contribution in [-0.4, -0.2) is 58.3 Å². The molecule has 1 aromatic rings. The first-order valence-corrected chi connectivity index (χ1v) is 11.1. The van der Waals surface area contributed by atoms with Crippen LogP contribution < -0.4 is 5.43 Å². The van der Waals surface area contributed by atoms with Gasteiger partial charge in [-0.2, -0.15) is 5.10 Å². The van der Waals surface area contributed by atoms with Gasteiger partial charge in [0, 0.05) is 25.0 Å². The van der Waals surface area contributed by atoms with E-state index in [0.717, 1.165) is 24.6 Å². The largest absolute Gasteiger partial charge is 0.466 e. The Hall–Kier alpha value is -3.97. The standard InChI is InChI=1S/C19H22N4O7.C4H8O2/c1-2-3-4-5-13(19(25)18(24)9-7-15-12-30-15)11-20-21-16-8-6-14(22(26)27)10-17(16)23(28)29;1-3-6-4(2)5/h3-6,8,10-11,15,19,21,25H,2,7,9,12H2,1H3;3H2,1-2H3/b4-3+,13-5-,20-11+;/t15-,19+;/m1./s1. The van der Waals surface area contributed by atoms with Crippen LogP contribution in [0.4, 0.5) is 17.1 Å². The second-order valence-corrected chi connectivity index (χ2v) is 7.38. The van der Waals surface area contributed by atoms with E-state index >= 15 is 0 Å². The topological polar surface area (TPSA) is 187 Å². The van der Waals surface area contributed by atoms with E-state index in [2.05, 4.69) is 15.3 Å². The van der Waals surface area contributed by atoms with Gasteiger partial charge in [0.2, 0.25) is 0 Å². The van der Waals surface area contributed by atoms with Crippen molar-refractivity contribution in [3.05, 3.63) is 62.2 Å². The fourth-order valence-corrected chi connectivity index (χ4v) is 2.64. The van der Waals surface area contributed by atoms with Crippen LogP contribution in [0.3, 0.4) is 0 Å². The number of nitrogens with one attached hydrogen (secondary N) is 1. The highest BCUT2D eigenvalue weighted by Crippen LogP contribution is 2.28. The predicted octanol–water partition coefficient (Wildman–Crippen LogP) is 3.47. The molecule has 196 valence electrons. The Morgan fingerprint density at radius 2 is 2.00 bits per heavy atom. The van der Waals surface area contributed by atoms with Crippen LogP contribution in [0.5, 0.6) is 0 Å². The molecule has 1 aliphatic rings. The molecule has 0 aromatic heterocycles. The number of rotatable bonds is 13. The third-order valence-corrected chi connectivity index (χ3v) is 4.53. The number of allylic oxidation sites excluding steroid dienone is 3. The molecule has 1 aliphatic heterocycles. The predicted molar refractivity (Wildman–Crippen MR) is 132 cm³/mol. The first-order chi connectivity index (χ1) is 17.1. The van der Waals surface area contributed by atoms with Crippen LogP contribution in [0.2, 0.25) is 0 Å². The maximum absolute atomic E-state index is 12.2. The van der Waals surface area contributed by atoms with Crippen LogP contribution in [0.15, 0.2) is 47.1 Å². The van der Waals surface area contributed by atoms with E-state index in [1.165, 1.54) is 19.2 Å². The van der Waals surface area contributed by atoms with E-state index < -0.39 is 33.1 Å².